The SMILES string of the molecule is C[C@@H](C(=O)NCC(=O)N(CC[C@H](N)CF)[C@@H](c1nc(-c2cc(F)ccc2F)cn1Cc1ccccc1)C(C)(C)C)N1C(=O)C=CC1=O. The van der Waals surface area contributed by atoms with Crippen molar-refractivity contribution in [2.24, 2.45) is 11.1 Å². The van der Waals surface area contributed by atoms with Gasteiger partial charge in [0.25, 0.3) is 11.8 Å². The van der Waals surface area contributed by atoms with E-state index in [-0.39, 0.29) is 30.8 Å². The van der Waals surface area contributed by atoms with E-state index < -0.39 is 72.0 Å². The molecule has 0 spiro atoms. The number of amides is 4. The summed E-state index contributed by atoms with van der Waals surface area (Å²) in [6.07, 6.45) is 3.79. The Kier molecular flexibility index (Phi) is 11.0. The molecule has 0 aliphatic carbocycles. The fourth-order valence-corrected chi connectivity index (χ4v) is 5.48. The van der Waals surface area contributed by atoms with E-state index >= 15 is 0 Å². The van der Waals surface area contributed by atoms with Gasteiger partial charge in [0.1, 0.15) is 30.2 Å². The van der Waals surface area contributed by atoms with Gasteiger partial charge in [-0.05, 0) is 42.5 Å². The van der Waals surface area contributed by atoms with Crippen LogP contribution >= 0.6 is 0 Å². The highest BCUT2D eigenvalue weighted by Gasteiger charge is 2.39. The third kappa shape index (κ3) is 8.33. The molecule has 2 heterocycles. The molecular formula is C34H39F3N6O4. The van der Waals surface area contributed by atoms with Gasteiger partial charge in [-0.25, -0.2) is 18.2 Å². The number of imidazole rings is 1. The first-order valence-corrected chi connectivity index (χ1v) is 15.2. The summed E-state index contributed by atoms with van der Waals surface area (Å²) in [5.41, 5.74) is 6.14. The fourth-order valence-electron chi connectivity index (χ4n) is 5.48. The van der Waals surface area contributed by atoms with Crippen molar-refractivity contribution in [1.29, 1.82) is 0 Å². The maximum absolute atomic E-state index is 15.0. The molecule has 1 aliphatic heterocycles. The fraction of sp³-hybridized carbons (Fsp3) is 0.382. The molecule has 47 heavy (non-hydrogen) atoms. The maximum Gasteiger partial charge on any atom is 0.254 e. The number of hydrogen-bond donors (Lipinski definition) is 2. The van der Waals surface area contributed by atoms with Gasteiger partial charge in [-0.15, -0.1) is 0 Å². The van der Waals surface area contributed by atoms with Crippen molar-refractivity contribution in [1.82, 2.24) is 24.7 Å². The number of nitrogens with one attached hydrogen (secondary N) is 1. The van der Waals surface area contributed by atoms with Crippen LogP contribution in [0.5, 0.6) is 0 Å². The minimum Gasteiger partial charge on any atom is -0.345 e. The van der Waals surface area contributed by atoms with Crippen molar-refractivity contribution in [2.75, 3.05) is 19.8 Å². The second-order valence-corrected chi connectivity index (χ2v) is 12.6. The zero-order valence-electron chi connectivity index (χ0n) is 26.8. The minimum atomic E-state index is -1.18. The van der Waals surface area contributed by atoms with Crippen LogP contribution < -0.4 is 11.1 Å². The van der Waals surface area contributed by atoms with Crippen molar-refractivity contribution in [2.45, 2.75) is 58.8 Å². The Morgan fingerprint density at radius 3 is 2.32 bits per heavy atom. The Bertz CT molecular complexity index is 1630. The molecule has 0 bridgehead atoms. The molecule has 3 N–H and O–H groups in total. The van der Waals surface area contributed by atoms with Gasteiger partial charge >= 0.3 is 0 Å². The molecule has 13 heteroatoms. The molecule has 10 nitrogen and oxygen atoms in total. The number of halogens is 3. The number of nitrogens with two attached hydrogens (primary N) is 1. The van der Waals surface area contributed by atoms with Gasteiger partial charge in [0.05, 0.1) is 18.3 Å². The van der Waals surface area contributed by atoms with Crippen molar-refractivity contribution in [3.05, 3.63) is 89.9 Å². The number of imide groups is 1. The van der Waals surface area contributed by atoms with Crippen LogP contribution in [-0.2, 0) is 25.7 Å². The summed E-state index contributed by atoms with van der Waals surface area (Å²) in [5.74, 6) is -3.57. The maximum atomic E-state index is 15.0. The van der Waals surface area contributed by atoms with Crippen LogP contribution in [0, 0.1) is 17.0 Å². The molecule has 0 saturated heterocycles. The number of benzene rings is 2. The molecule has 3 aromatic rings. The number of hydrogen-bond acceptors (Lipinski definition) is 6. The normalized spacial score (nSPS) is 15.1. The van der Waals surface area contributed by atoms with Gasteiger partial charge in [-0.2, -0.15) is 0 Å². The van der Waals surface area contributed by atoms with Crippen molar-refractivity contribution in [3.63, 3.8) is 0 Å². The van der Waals surface area contributed by atoms with E-state index in [9.17, 15) is 32.3 Å². The molecule has 4 rings (SSSR count). The second-order valence-electron chi connectivity index (χ2n) is 12.6. The van der Waals surface area contributed by atoms with Gasteiger partial charge < -0.3 is 20.5 Å². The smallest absolute Gasteiger partial charge is 0.254 e. The predicted octanol–water partition coefficient (Wildman–Crippen LogP) is 3.91. The van der Waals surface area contributed by atoms with Gasteiger partial charge in [-0.3, -0.25) is 24.1 Å². The van der Waals surface area contributed by atoms with Gasteiger partial charge in [0.15, 0.2) is 0 Å². The topological polar surface area (TPSA) is 131 Å². The van der Waals surface area contributed by atoms with Gasteiger partial charge in [0, 0.05) is 43.0 Å². The van der Waals surface area contributed by atoms with Crippen molar-refractivity contribution >= 4 is 23.6 Å². The van der Waals surface area contributed by atoms with E-state index in [2.05, 4.69) is 5.32 Å². The predicted molar refractivity (Wildman–Crippen MR) is 169 cm³/mol. The minimum absolute atomic E-state index is 0.0217. The number of nitrogens with zero attached hydrogens (tertiary/aromatic N) is 4. The van der Waals surface area contributed by atoms with E-state index in [0.717, 1.165) is 40.8 Å². The summed E-state index contributed by atoms with van der Waals surface area (Å²) < 4.78 is 44.5. The van der Waals surface area contributed by atoms with Crippen LogP contribution in [0.1, 0.15) is 51.5 Å². The molecule has 0 fully saturated rings. The number of carbonyl (C=O) groups excluding carboxylic acids is 4. The zero-order valence-corrected chi connectivity index (χ0v) is 26.8. The highest BCUT2D eigenvalue weighted by atomic mass is 19.1. The highest BCUT2D eigenvalue weighted by molar-refractivity contribution is 6.15. The summed E-state index contributed by atoms with van der Waals surface area (Å²) >= 11 is 0. The summed E-state index contributed by atoms with van der Waals surface area (Å²) in [5, 5.41) is 2.51. The first kappa shape index (κ1) is 35.1. The van der Waals surface area contributed by atoms with E-state index in [4.69, 9.17) is 10.7 Å². The van der Waals surface area contributed by atoms with E-state index in [1.807, 2.05) is 51.1 Å². The first-order valence-electron chi connectivity index (χ1n) is 15.2. The van der Waals surface area contributed by atoms with Crippen LogP contribution in [0.15, 0.2) is 66.9 Å². The molecule has 0 saturated carbocycles. The Morgan fingerprint density at radius 1 is 1.04 bits per heavy atom. The van der Waals surface area contributed by atoms with Gasteiger partial charge in [0.2, 0.25) is 11.8 Å². The zero-order chi connectivity index (χ0) is 34.5. The summed E-state index contributed by atoms with van der Waals surface area (Å²) in [6, 6.07) is 9.55. The summed E-state index contributed by atoms with van der Waals surface area (Å²) in [6.45, 7) is 5.89. The monoisotopic (exact) mass is 652 g/mol. The molecule has 1 aliphatic rings. The van der Waals surface area contributed by atoms with Crippen LogP contribution in [0.2, 0.25) is 0 Å². The van der Waals surface area contributed by atoms with Crippen LogP contribution in [-0.4, -0.2) is 74.8 Å². The molecule has 0 radical (unpaired) electrons. The lowest BCUT2D eigenvalue weighted by molar-refractivity contribution is -0.145. The van der Waals surface area contributed by atoms with Gasteiger partial charge in [-0.1, -0.05) is 51.1 Å². The Hall–Kier alpha value is -4.78. The number of alkyl halides is 1. The molecule has 0 unspecified atom stereocenters. The lowest BCUT2D eigenvalue weighted by Gasteiger charge is -2.40. The van der Waals surface area contributed by atoms with E-state index in [1.165, 1.54) is 11.8 Å². The van der Waals surface area contributed by atoms with E-state index in [0.29, 0.717) is 5.82 Å². The lowest BCUT2D eigenvalue weighted by atomic mass is 9.84. The largest absolute Gasteiger partial charge is 0.345 e. The lowest BCUT2D eigenvalue weighted by Crippen LogP contribution is -2.52. The molecule has 1 aromatic heterocycles. The molecule has 4 amide bonds. The van der Waals surface area contributed by atoms with Crippen LogP contribution in [0.3, 0.4) is 0 Å². The third-order valence-corrected chi connectivity index (χ3v) is 7.87. The molecule has 2 aromatic carbocycles. The Balaban J connectivity index is 1.74. The highest BCUT2D eigenvalue weighted by Crippen LogP contribution is 2.39. The number of carbonyl (C=O) groups is 4. The molecular weight excluding hydrogens is 613 g/mol. The molecule has 250 valence electrons. The van der Waals surface area contributed by atoms with Crippen molar-refractivity contribution < 1.29 is 32.3 Å². The summed E-state index contributed by atoms with van der Waals surface area (Å²) in [7, 11) is 0. The second kappa shape index (κ2) is 14.8. The average molecular weight is 653 g/mol. The summed E-state index contributed by atoms with van der Waals surface area (Å²) in [4.78, 5) is 58.1. The Morgan fingerprint density at radius 2 is 1.70 bits per heavy atom. The average Bonchev–Trinajstić information content (AvgIpc) is 3.59. The Labute approximate surface area is 271 Å². The standard InChI is InChI=1S/C34H39F3N6O4/c1-21(43-28(44)12-13-29(43)45)33(47)39-18-30(46)42(15-14-24(38)17-35)31(34(2,3)4)32-40-27(25-16-23(36)10-11-26(25)37)20-41(32)19-22-8-6-5-7-9-22/h5-13,16,20-21,24,31H,14-15,17-19,38H2,1-4H3,(H,39,47)/t21-,24-,31-/m0/s1. The van der Waals surface area contributed by atoms with Crippen molar-refractivity contribution in [3.8, 4) is 11.3 Å². The number of rotatable bonds is 13. The third-order valence-electron chi connectivity index (χ3n) is 7.87. The quantitative estimate of drug-likeness (QED) is 0.270. The molecule has 3 atom stereocenters. The van der Waals surface area contributed by atoms with Crippen LogP contribution in [0.4, 0.5) is 13.2 Å². The van der Waals surface area contributed by atoms with Crippen LogP contribution in [0.25, 0.3) is 11.3 Å². The number of aromatic nitrogens is 2. The first-order chi connectivity index (χ1) is 22.2. The van der Waals surface area contributed by atoms with E-state index in [1.54, 1.807) is 10.8 Å².